The molecule has 0 aromatic heterocycles. The zero-order valence-corrected chi connectivity index (χ0v) is 14.4. The zero-order valence-electron chi connectivity index (χ0n) is 14.4. The van der Waals surface area contributed by atoms with E-state index in [-0.39, 0.29) is 0 Å². The topological polar surface area (TPSA) is 83.5 Å². The molecule has 5 fully saturated rings. The fourth-order valence-electron chi connectivity index (χ4n) is 5.16. The van der Waals surface area contributed by atoms with Gasteiger partial charge in [0.2, 0.25) is 0 Å². The van der Waals surface area contributed by atoms with Crippen LogP contribution in [0.15, 0.2) is 0 Å². The lowest BCUT2D eigenvalue weighted by atomic mass is 9.94. The molecule has 5 rings (SSSR count). The summed E-state index contributed by atoms with van der Waals surface area (Å²) in [5, 5.41) is 9.64. The Bertz CT molecular complexity index is 538. The molecule has 0 radical (unpaired) electrons. The summed E-state index contributed by atoms with van der Waals surface area (Å²) in [5.41, 5.74) is 0. The van der Waals surface area contributed by atoms with Crippen LogP contribution in [0.1, 0.15) is 64.2 Å². The van der Waals surface area contributed by atoms with E-state index in [1.165, 1.54) is 6.42 Å². The third kappa shape index (κ3) is 2.63. The van der Waals surface area contributed by atoms with Gasteiger partial charge in [0.15, 0.2) is 24.0 Å². The molecule has 5 aliphatic rings. The van der Waals surface area contributed by atoms with E-state index in [2.05, 4.69) is 0 Å². The van der Waals surface area contributed by atoms with Crippen LogP contribution in [-0.4, -0.2) is 53.4 Å². The van der Waals surface area contributed by atoms with Crippen molar-refractivity contribution in [1.82, 2.24) is 0 Å². The van der Waals surface area contributed by atoms with E-state index in [1.807, 2.05) is 0 Å². The predicted molar refractivity (Wildman–Crippen MR) is 83.6 cm³/mol. The van der Waals surface area contributed by atoms with E-state index in [4.69, 9.17) is 23.7 Å². The van der Waals surface area contributed by atoms with Gasteiger partial charge in [0.25, 0.3) is 0 Å². The Hall–Kier alpha value is -0.730. The Kier molecular flexibility index (Phi) is 3.87. The first-order valence-electron chi connectivity index (χ1n) is 9.69. The van der Waals surface area contributed by atoms with Gasteiger partial charge in [0, 0.05) is 25.7 Å². The molecular weight excluding hydrogens is 328 g/mol. The fraction of sp³-hybridized carbons (Fsp3) is 0.944. The normalized spacial score (nSPS) is 44.6. The number of hydrogen-bond acceptors (Lipinski definition) is 6. The minimum atomic E-state index is -1.07. The summed E-state index contributed by atoms with van der Waals surface area (Å²) < 4.78 is 30.8. The second-order valence-electron chi connectivity index (χ2n) is 8.07. The number of fused-ring (bicyclic) bond motifs is 3. The molecule has 1 N–H and O–H groups in total. The zero-order chi connectivity index (χ0) is 17.1. The smallest absolute Gasteiger partial charge is 0.335 e. The molecule has 7 nitrogen and oxygen atoms in total. The van der Waals surface area contributed by atoms with Crippen molar-refractivity contribution < 1.29 is 33.6 Å². The van der Waals surface area contributed by atoms with Crippen molar-refractivity contribution >= 4 is 5.97 Å². The van der Waals surface area contributed by atoms with E-state index in [1.54, 1.807) is 0 Å². The summed E-state index contributed by atoms with van der Waals surface area (Å²) in [5.74, 6) is -2.35. The summed E-state index contributed by atoms with van der Waals surface area (Å²) in [7, 11) is 0. The molecular formula is C18H26O7. The van der Waals surface area contributed by atoms with Crippen LogP contribution < -0.4 is 0 Å². The number of carboxylic acid groups (broad SMARTS) is 1. The first-order valence-corrected chi connectivity index (χ1v) is 9.69. The molecule has 2 saturated carbocycles. The number of carbonyl (C=O) groups is 1. The molecule has 2 aliphatic carbocycles. The molecule has 3 heterocycles. The van der Waals surface area contributed by atoms with Crippen LogP contribution in [0.3, 0.4) is 0 Å². The third-order valence-electron chi connectivity index (χ3n) is 6.35. The SMILES string of the molecule is O=C(O)[C@@H]1O[C@@H]2OC3(CCCCC3)O[C@@H]2[C@@H]2OC3(CCCCC3)O[C@H]21. The third-order valence-corrected chi connectivity index (χ3v) is 6.35. The van der Waals surface area contributed by atoms with Crippen molar-refractivity contribution in [2.24, 2.45) is 0 Å². The molecule has 0 amide bonds. The summed E-state index contributed by atoms with van der Waals surface area (Å²) >= 11 is 0. The van der Waals surface area contributed by atoms with Gasteiger partial charge in [0.05, 0.1) is 0 Å². The maximum atomic E-state index is 11.8. The van der Waals surface area contributed by atoms with E-state index >= 15 is 0 Å². The van der Waals surface area contributed by atoms with Gasteiger partial charge in [-0.15, -0.1) is 0 Å². The molecule has 25 heavy (non-hydrogen) atoms. The van der Waals surface area contributed by atoms with Gasteiger partial charge < -0.3 is 28.8 Å². The Morgan fingerprint density at radius 3 is 1.84 bits per heavy atom. The average molecular weight is 354 g/mol. The van der Waals surface area contributed by atoms with E-state index in [9.17, 15) is 9.90 Å². The maximum Gasteiger partial charge on any atom is 0.335 e. The van der Waals surface area contributed by atoms with E-state index in [0.717, 1.165) is 57.8 Å². The molecule has 0 unspecified atom stereocenters. The quantitative estimate of drug-likeness (QED) is 0.773. The Labute approximate surface area is 146 Å². The van der Waals surface area contributed by atoms with Crippen molar-refractivity contribution in [3.8, 4) is 0 Å². The van der Waals surface area contributed by atoms with Crippen molar-refractivity contribution in [3.63, 3.8) is 0 Å². The molecule has 140 valence electrons. The highest BCUT2D eigenvalue weighted by atomic mass is 16.9. The second-order valence-corrected chi connectivity index (χ2v) is 8.07. The highest BCUT2D eigenvalue weighted by molar-refractivity contribution is 5.73. The van der Waals surface area contributed by atoms with Crippen LogP contribution >= 0.6 is 0 Å². The van der Waals surface area contributed by atoms with Crippen molar-refractivity contribution in [3.05, 3.63) is 0 Å². The van der Waals surface area contributed by atoms with Gasteiger partial charge >= 0.3 is 5.97 Å². The van der Waals surface area contributed by atoms with Gasteiger partial charge in [-0.05, 0) is 25.7 Å². The van der Waals surface area contributed by atoms with Gasteiger partial charge in [-0.3, -0.25) is 0 Å². The lowest BCUT2D eigenvalue weighted by molar-refractivity contribution is -0.251. The lowest BCUT2D eigenvalue weighted by Gasteiger charge is -2.35. The highest BCUT2D eigenvalue weighted by Gasteiger charge is 2.65. The number of ether oxygens (including phenoxy) is 5. The van der Waals surface area contributed by atoms with E-state index in [0.29, 0.717) is 0 Å². The molecule has 0 bridgehead atoms. The molecule has 3 saturated heterocycles. The predicted octanol–water partition coefficient (Wildman–Crippen LogP) is 2.32. The maximum absolute atomic E-state index is 11.8. The average Bonchev–Trinajstić information content (AvgIpc) is 3.13. The van der Waals surface area contributed by atoms with Crippen molar-refractivity contribution in [2.75, 3.05) is 0 Å². The number of hydrogen-bond donors (Lipinski definition) is 1. The Morgan fingerprint density at radius 2 is 1.24 bits per heavy atom. The summed E-state index contributed by atoms with van der Waals surface area (Å²) in [6.07, 6.45) is 6.50. The van der Waals surface area contributed by atoms with Gasteiger partial charge in [-0.2, -0.15) is 0 Å². The van der Waals surface area contributed by atoms with Crippen LogP contribution in [0, 0.1) is 0 Å². The first kappa shape index (κ1) is 16.4. The summed E-state index contributed by atoms with van der Waals surface area (Å²) in [4.78, 5) is 11.8. The van der Waals surface area contributed by atoms with Gasteiger partial charge in [-0.1, -0.05) is 12.8 Å². The lowest BCUT2D eigenvalue weighted by Crippen LogP contribution is -2.57. The standard InChI is InChI=1S/C18H26O7/c19-15(20)13-11-12(23-17(22-11)7-3-1-4-8-17)14-16(21-13)25-18(24-14)9-5-2-6-10-18/h11-14,16H,1-10H2,(H,19,20)/t11-,12-,13-,14-,16-/m1/s1. The number of rotatable bonds is 1. The largest absolute Gasteiger partial charge is 0.479 e. The van der Waals surface area contributed by atoms with Crippen LogP contribution in [0.4, 0.5) is 0 Å². The van der Waals surface area contributed by atoms with Gasteiger partial charge in [0.1, 0.15) is 18.3 Å². The minimum Gasteiger partial charge on any atom is -0.479 e. The van der Waals surface area contributed by atoms with Crippen LogP contribution in [0.5, 0.6) is 0 Å². The molecule has 0 aromatic carbocycles. The fourth-order valence-corrected chi connectivity index (χ4v) is 5.16. The van der Waals surface area contributed by atoms with Crippen LogP contribution in [-0.2, 0) is 28.5 Å². The van der Waals surface area contributed by atoms with Crippen molar-refractivity contribution in [1.29, 1.82) is 0 Å². The minimum absolute atomic E-state index is 0.417. The van der Waals surface area contributed by atoms with Gasteiger partial charge in [-0.25, -0.2) is 4.79 Å². The highest BCUT2D eigenvalue weighted by Crippen LogP contribution is 2.50. The molecule has 5 atom stereocenters. The van der Waals surface area contributed by atoms with Crippen molar-refractivity contribution in [2.45, 2.75) is 106 Å². The Balaban J connectivity index is 1.43. The summed E-state index contributed by atoms with van der Waals surface area (Å²) in [6.45, 7) is 0. The molecule has 2 spiro atoms. The second kappa shape index (κ2) is 5.89. The molecule has 0 aromatic rings. The monoisotopic (exact) mass is 354 g/mol. The molecule has 3 aliphatic heterocycles. The van der Waals surface area contributed by atoms with E-state index < -0.39 is 48.2 Å². The number of aliphatic carboxylic acids is 1. The van der Waals surface area contributed by atoms with Crippen LogP contribution in [0.2, 0.25) is 0 Å². The number of carboxylic acids is 1. The Morgan fingerprint density at radius 1 is 0.720 bits per heavy atom. The van der Waals surface area contributed by atoms with Crippen LogP contribution in [0.25, 0.3) is 0 Å². The summed E-state index contributed by atoms with van der Waals surface area (Å²) in [6, 6.07) is 0. The molecule has 7 heteroatoms. The first-order chi connectivity index (χ1) is 12.1.